The average Bonchev–Trinajstić information content (AvgIpc) is 3.87. The van der Waals surface area contributed by atoms with Gasteiger partial charge in [-0.1, -0.05) is 58.9 Å². The zero-order valence-electron chi connectivity index (χ0n) is 33.9. The Kier molecular flexibility index (Phi) is 12.6. The molecule has 8 heteroatoms. The van der Waals surface area contributed by atoms with Crippen LogP contribution in [0.15, 0.2) is 42.5 Å². The Hall–Kier alpha value is -3.30. The molecule has 2 atom stereocenters. The number of carbonyl (C=O) groups is 2. The van der Waals surface area contributed by atoms with Gasteiger partial charge in [0.15, 0.2) is 0 Å². The molecule has 0 aliphatic carbocycles. The fourth-order valence-electron chi connectivity index (χ4n) is 9.31. The molecule has 2 unspecified atom stereocenters. The summed E-state index contributed by atoms with van der Waals surface area (Å²) in [6.45, 7) is 20.3. The number of likely N-dealkylation sites (N-methyl/N-ethyl adjacent to an activating group) is 2. The smallest absolute Gasteiger partial charge is 0.202 e. The highest BCUT2D eigenvalue weighted by atomic mass is 16.5. The van der Waals surface area contributed by atoms with Gasteiger partial charge in [0, 0.05) is 62.2 Å². The first-order chi connectivity index (χ1) is 25.4. The van der Waals surface area contributed by atoms with Crippen molar-refractivity contribution in [2.45, 2.75) is 104 Å². The minimum Gasteiger partial charge on any atom is -0.496 e. The molecule has 0 bridgehead atoms. The largest absolute Gasteiger partial charge is 0.496 e. The highest BCUT2D eigenvalue weighted by Crippen LogP contribution is 2.35. The van der Waals surface area contributed by atoms with Crippen molar-refractivity contribution in [3.05, 3.63) is 70.4 Å². The molecule has 1 aromatic heterocycles. The number of benzene rings is 2. The number of methoxy groups -OCH3 is 1. The van der Waals surface area contributed by atoms with E-state index in [-0.39, 0.29) is 17.2 Å². The molecule has 0 spiro atoms. The molecule has 6 rings (SSSR count). The van der Waals surface area contributed by atoms with Gasteiger partial charge in [-0.05, 0) is 119 Å². The van der Waals surface area contributed by atoms with Gasteiger partial charge in [-0.2, -0.15) is 0 Å². The van der Waals surface area contributed by atoms with E-state index < -0.39 is 0 Å². The number of para-hydroxylation sites is 1. The van der Waals surface area contributed by atoms with Crippen LogP contribution in [0.3, 0.4) is 0 Å². The number of aryl methyl sites for hydroxylation is 1. The third-order valence-electron chi connectivity index (χ3n) is 12.5. The summed E-state index contributed by atoms with van der Waals surface area (Å²) >= 11 is 0. The molecule has 0 N–H and O–H groups in total. The quantitative estimate of drug-likeness (QED) is 0.126. The molecule has 0 saturated carbocycles. The lowest BCUT2D eigenvalue weighted by molar-refractivity contribution is -0.124. The Morgan fingerprint density at radius 1 is 0.906 bits per heavy atom. The number of nitrogens with zero attached hydrogens (tertiary/aromatic N) is 5. The van der Waals surface area contributed by atoms with Gasteiger partial charge in [-0.25, -0.2) is 0 Å². The molecule has 53 heavy (non-hydrogen) atoms. The summed E-state index contributed by atoms with van der Waals surface area (Å²) in [7, 11) is 5.86. The molecule has 0 amide bonds. The van der Waals surface area contributed by atoms with Crippen LogP contribution in [0, 0.1) is 5.92 Å². The number of hydrogen-bond acceptors (Lipinski definition) is 7. The SMILES string of the molecule is CCN(CC)C1CCN(Cc2cc(C(C)(C)C)cc(C=CC(=O)c3cc4cccc(CN5CCC(CC(=O)C6CCCN6C)CC5)c4n3C)c2OC)C1. The monoisotopic (exact) mass is 724 g/mol. The number of likely N-dealkylation sites (tertiary alicyclic amines) is 3. The molecule has 4 heterocycles. The van der Waals surface area contributed by atoms with Crippen LogP contribution in [0.1, 0.15) is 106 Å². The number of ether oxygens (including phenoxy) is 1. The van der Waals surface area contributed by atoms with Crippen molar-refractivity contribution in [3.8, 4) is 5.75 Å². The summed E-state index contributed by atoms with van der Waals surface area (Å²) in [5.74, 6) is 1.76. The van der Waals surface area contributed by atoms with E-state index in [4.69, 9.17) is 4.74 Å². The second-order valence-corrected chi connectivity index (χ2v) is 17.1. The minimum absolute atomic E-state index is 0.0144. The van der Waals surface area contributed by atoms with E-state index in [1.807, 2.05) is 19.2 Å². The summed E-state index contributed by atoms with van der Waals surface area (Å²) in [4.78, 5) is 36.8. The van der Waals surface area contributed by atoms with Gasteiger partial charge in [0.25, 0.3) is 0 Å². The number of fused-ring (bicyclic) bond motifs is 1. The predicted molar refractivity (Wildman–Crippen MR) is 218 cm³/mol. The Bertz CT molecular complexity index is 1770. The zero-order valence-corrected chi connectivity index (χ0v) is 33.9. The lowest BCUT2D eigenvalue weighted by atomic mass is 9.84. The van der Waals surface area contributed by atoms with Crippen LogP contribution in [-0.4, -0.2) is 108 Å². The van der Waals surface area contributed by atoms with E-state index in [9.17, 15) is 9.59 Å². The van der Waals surface area contributed by atoms with Crippen molar-refractivity contribution in [1.29, 1.82) is 0 Å². The van der Waals surface area contributed by atoms with E-state index in [0.29, 0.717) is 23.4 Å². The molecule has 8 nitrogen and oxygen atoms in total. The predicted octanol–water partition coefficient (Wildman–Crippen LogP) is 7.56. The maximum absolute atomic E-state index is 13.9. The number of rotatable bonds is 14. The van der Waals surface area contributed by atoms with E-state index >= 15 is 0 Å². The van der Waals surface area contributed by atoms with Gasteiger partial charge in [-0.15, -0.1) is 0 Å². The second-order valence-electron chi connectivity index (χ2n) is 17.1. The highest BCUT2D eigenvalue weighted by molar-refractivity contribution is 6.09. The molecular weight excluding hydrogens is 659 g/mol. The maximum atomic E-state index is 13.9. The van der Waals surface area contributed by atoms with E-state index in [0.717, 1.165) is 113 Å². The number of Topliss-reactive ketones (excluding diaryl/α,β-unsaturated/α-hetero) is 1. The zero-order chi connectivity index (χ0) is 37.9. The third-order valence-corrected chi connectivity index (χ3v) is 12.5. The first kappa shape index (κ1) is 39.4. The normalized spacial score (nSPS) is 21.2. The Balaban J connectivity index is 1.16. The van der Waals surface area contributed by atoms with Crippen molar-refractivity contribution < 1.29 is 14.3 Å². The van der Waals surface area contributed by atoms with Gasteiger partial charge < -0.3 is 9.30 Å². The lowest BCUT2D eigenvalue weighted by Crippen LogP contribution is -2.37. The summed E-state index contributed by atoms with van der Waals surface area (Å²) in [5, 5.41) is 1.09. The molecule has 2 aromatic carbocycles. The molecule has 0 radical (unpaired) electrons. The number of allylic oxidation sites excluding steroid dienone is 1. The van der Waals surface area contributed by atoms with E-state index in [2.05, 4.69) is 96.2 Å². The van der Waals surface area contributed by atoms with E-state index in [1.54, 1.807) is 13.2 Å². The number of carbonyl (C=O) groups excluding carboxylic acids is 2. The van der Waals surface area contributed by atoms with Crippen LogP contribution in [0.2, 0.25) is 0 Å². The second kappa shape index (κ2) is 17.0. The number of ketones is 2. The molecule has 3 saturated heterocycles. The molecular formula is C45H65N5O3. The van der Waals surface area contributed by atoms with Crippen LogP contribution in [0.25, 0.3) is 17.0 Å². The lowest BCUT2D eigenvalue weighted by Gasteiger charge is -2.32. The van der Waals surface area contributed by atoms with Crippen LogP contribution in [0.4, 0.5) is 0 Å². The maximum Gasteiger partial charge on any atom is 0.202 e. The number of piperidine rings is 1. The Morgan fingerprint density at radius 2 is 1.62 bits per heavy atom. The van der Waals surface area contributed by atoms with Crippen molar-refractivity contribution in [2.24, 2.45) is 13.0 Å². The summed E-state index contributed by atoms with van der Waals surface area (Å²) in [6, 6.07) is 13.7. The minimum atomic E-state index is -0.0478. The molecule has 3 aliphatic heterocycles. The van der Waals surface area contributed by atoms with Crippen molar-refractivity contribution in [2.75, 3.05) is 60.0 Å². The fraction of sp³-hybridized carbons (Fsp3) is 0.600. The van der Waals surface area contributed by atoms with Gasteiger partial charge in [-0.3, -0.25) is 29.2 Å². The Labute approximate surface area is 319 Å². The molecule has 288 valence electrons. The van der Waals surface area contributed by atoms with Crippen LogP contribution < -0.4 is 4.74 Å². The summed E-state index contributed by atoms with van der Waals surface area (Å²) in [5.41, 5.74) is 6.36. The van der Waals surface area contributed by atoms with Crippen LogP contribution >= 0.6 is 0 Å². The van der Waals surface area contributed by atoms with E-state index in [1.165, 1.54) is 23.1 Å². The van der Waals surface area contributed by atoms with Crippen molar-refractivity contribution in [1.82, 2.24) is 24.2 Å². The third kappa shape index (κ3) is 8.99. The average molecular weight is 724 g/mol. The summed E-state index contributed by atoms with van der Waals surface area (Å²) < 4.78 is 8.17. The fourth-order valence-corrected chi connectivity index (χ4v) is 9.31. The summed E-state index contributed by atoms with van der Waals surface area (Å²) in [6.07, 6.45) is 9.88. The first-order valence-electron chi connectivity index (χ1n) is 20.3. The van der Waals surface area contributed by atoms with Gasteiger partial charge in [0.05, 0.1) is 24.4 Å². The van der Waals surface area contributed by atoms with Crippen LogP contribution in [0.5, 0.6) is 5.75 Å². The standard InChI is InChI=1S/C45H65N5O3/c1-9-50(10-2)38-20-24-49(31-38)30-36-27-37(45(3,4)5)26-34(44(36)53-8)16-17-41(51)40-28-33-13-11-14-35(43(33)47(40)7)29-48-22-18-32(19-23-48)25-42(52)39-15-12-21-46(39)6/h11,13-14,16-17,26-28,32,38-39H,9-10,12,15,18-25,29-31H2,1-8H3. The number of hydrogen-bond donors (Lipinski definition) is 0. The van der Waals surface area contributed by atoms with Crippen LogP contribution in [-0.2, 0) is 30.3 Å². The van der Waals surface area contributed by atoms with Gasteiger partial charge in [0.1, 0.15) is 11.5 Å². The Morgan fingerprint density at radius 3 is 2.28 bits per heavy atom. The molecule has 3 aliphatic rings. The van der Waals surface area contributed by atoms with Gasteiger partial charge in [0.2, 0.25) is 5.78 Å². The van der Waals surface area contributed by atoms with Crippen molar-refractivity contribution in [3.63, 3.8) is 0 Å². The first-order valence-corrected chi connectivity index (χ1v) is 20.3. The van der Waals surface area contributed by atoms with Gasteiger partial charge >= 0.3 is 0 Å². The highest BCUT2D eigenvalue weighted by Gasteiger charge is 2.31. The number of aromatic nitrogens is 1. The van der Waals surface area contributed by atoms with Crippen molar-refractivity contribution >= 4 is 28.5 Å². The molecule has 3 aromatic rings. The topological polar surface area (TPSA) is 61.3 Å². The molecule has 3 fully saturated rings.